The van der Waals surface area contributed by atoms with Crippen molar-refractivity contribution in [3.8, 4) is 0 Å². The fourth-order valence-corrected chi connectivity index (χ4v) is 9.62. The molecular formula is C18H12INS4. The minimum atomic E-state index is 0.432. The van der Waals surface area contributed by atoms with Crippen molar-refractivity contribution < 1.29 is 0 Å². The van der Waals surface area contributed by atoms with Crippen LogP contribution in [0.3, 0.4) is 0 Å². The van der Waals surface area contributed by atoms with Crippen LogP contribution in [0.2, 0.25) is 0 Å². The van der Waals surface area contributed by atoms with Crippen LogP contribution in [0, 0.1) is 3.57 Å². The van der Waals surface area contributed by atoms with Crippen molar-refractivity contribution in [2.24, 2.45) is 0 Å². The molecule has 0 atom stereocenters. The van der Waals surface area contributed by atoms with E-state index in [0.29, 0.717) is 9.16 Å². The van der Waals surface area contributed by atoms with E-state index >= 15 is 0 Å². The van der Waals surface area contributed by atoms with Crippen molar-refractivity contribution >= 4 is 69.6 Å². The van der Waals surface area contributed by atoms with E-state index in [0.717, 1.165) is 0 Å². The molecule has 1 nitrogen and oxygen atoms in total. The molecule has 0 aliphatic carbocycles. The number of aromatic nitrogens is 1. The number of fused-ring (bicyclic) bond motifs is 2. The Morgan fingerprint density at radius 3 is 1.67 bits per heavy atom. The van der Waals surface area contributed by atoms with Crippen molar-refractivity contribution in [2.45, 2.75) is 28.7 Å². The topological polar surface area (TPSA) is 15.8 Å². The Hall–Kier alpha value is -0.150. The van der Waals surface area contributed by atoms with Gasteiger partial charge in [-0.2, -0.15) is 0 Å². The summed E-state index contributed by atoms with van der Waals surface area (Å²) in [7, 11) is 0. The first-order chi connectivity index (χ1) is 11.8. The van der Waals surface area contributed by atoms with Gasteiger partial charge in [0.25, 0.3) is 0 Å². The molecule has 0 radical (unpaired) electrons. The molecule has 1 N–H and O–H groups in total. The SMILES string of the molecule is Ic1cc(C2Sc3ccccc3S2)[nH]c1C1Sc2ccccc2S1. The third kappa shape index (κ3) is 2.84. The summed E-state index contributed by atoms with van der Waals surface area (Å²) in [5.41, 5.74) is 2.69. The molecule has 0 bridgehead atoms. The van der Waals surface area contributed by atoms with E-state index in [1.807, 2.05) is 47.0 Å². The molecule has 120 valence electrons. The Morgan fingerprint density at radius 2 is 1.17 bits per heavy atom. The van der Waals surface area contributed by atoms with Crippen LogP contribution in [-0.4, -0.2) is 4.98 Å². The van der Waals surface area contributed by atoms with Gasteiger partial charge in [-0.25, -0.2) is 0 Å². The third-order valence-corrected chi connectivity index (χ3v) is 10.5. The summed E-state index contributed by atoms with van der Waals surface area (Å²) in [5, 5.41) is 0. The summed E-state index contributed by atoms with van der Waals surface area (Å²) >= 11 is 10.3. The van der Waals surface area contributed by atoms with Gasteiger partial charge >= 0.3 is 0 Å². The molecule has 3 heterocycles. The van der Waals surface area contributed by atoms with Crippen molar-refractivity contribution in [1.82, 2.24) is 4.98 Å². The van der Waals surface area contributed by atoms with E-state index in [2.05, 4.69) is 82.2 Å². The fraction of sp³-hybridized carbons (Fsp3) is 0.111. The number of hydrogen-bond donors (Lipinski definition) is 1. The van der Waals surface area contributed by atoms with Gasteiger partial charge in [0.15, 0.2) is 0 Å². The first-order valence-electron chi connectivity index (χ1n) is 7.51. The number of hydrogen-bond acceptors (Lipinski definition) is 4. The van der Waals surface area contributed by atoms with Crippen LogP contribution in [0.4, 0.5) is 0 Å². The second-order valence-corrected chi connectivity index (χ2v) is 11.9. The summed E-state index contributed by atoms with van der Waals surface area (Å²) in [4.78, 5) is 9.34. The lowest BCUT2D eigenvalue weighted by molar-refractivity contribution is 1.13. The van der Waals surface area contributed by atoms with E-state index in [9.17, 15) is 0 Å². The van der Waals surface area contributed by atoms with Crippen LogP contribution in [-0.2, 0) is 0 Å². The summed E-state index contributed by atoms with van der Waals surface area (Å²) < 4.78 is 2.21. The molecule has 3 aromatic rings. The van der Waals surface area contributed by atoms with Crippen molar-refractivity contribution in [1.29, 1.82) is 0 Å². The lowest BCUT2D eigenvalue weighted by Crippen LogP contribution is -1.90. The highest BCUT2D eigenvalue weighted by Gasteiger charge is 2.30. The Kier molecular flexibility index (Phi) is 4.37. The minimum absolute atomic E-state index is 0.432. The van der Waals surface area contributed by atoms with Gasteiger partial charge in [-0.15, -0.1) is 47.0 Å². The van der Waals surface area contributed by atoms with Gasteiger partial charge in [0.05, 0.1) is 10.3 Å². The lowest BCUT2D eigenvalue weighted by atomic mass is 10.4. The van der Waals surface area contributed by atoms with Crippen LogP contribution in [0.5, 0.6) is 0 Å². The smallest absolute Gasteiger partial charge is 0.101 e. The average molecular weight is 497 g/mol. The predicted molar refractivity (Wildman–Crippen MR) is 115 cm³/mol. The number of nitrogens with one attached hydrogen (secondary N) is 1. The molecule has 5 rings (SSSR count). The number of H-pyrrole nitrogens is 1. The summed E-state index contributed by atoms with van der Waals surface area (Å²) in [6.45, 7) is 0. The normalized spacial score (nSPS) is 17.2. The molecule has 1 aromatic heterocycles. The molecule has 0 fully saturated rings. The molecule has 0 spiro atoms. The zero-order valence-electron chi connectivity index (χ0n) is 12.4. The maximum atomic E-state index is 3.74. The van der Waals surface area contributed by atoms with E-state index in [1.165, 1.54) is 34.5 Å². The van der Waals surface area contributed by atoms with Gasteiger partial charge in [-0.05, 0) is 52.9 Å². The standard InChI is InChI=1S/C18H12INS4/c19-10-9-11(17-21-12-5-1-2-6-13(12)22-17)20-16(10)18-23-14-7-3-4-8-15(14)24-18/h1-9,17-18,20H. The van der Waals surface area contributed by atoms with Gasteiger partial charge < -0.3 is 4.98 Å². The zero-order chi connectivity index (χ0) is 16.1. The summed E-state index contributed by atoms with van der Waals surface area (Å²) in [6.07, 6.45) is 0. The number of rotatable bonds is 2. The zero-order valence-corrected chi connectivity index (χ0v) is 17.8. The summed E-state index contributed by atoms with van der Waals surface area (Å²) in [6, 6.07) is 19.7. The molecule has 0 saturated heterocycles. The van der Waals surface area contributed by atoms with Gasteiger partial charge in [0.1, 0.15) is 4.58 Å². The monoisotopic (exact) mass is 497 g/mol. The number of benzene rings is 2. The van der Waals surface area contributed by atoms with Gasteiger partial charge in [-0.1, -0.05) is 24.3 Å². The first kappa shape index (κ1) is 16.1. The predicted octanol–water partition coefficient (Wildman–Crippen LogP) is 7.41. The molecule has 2 aliphatic heterocycles. The molecule has 0 saturated carbocycles. The van der Waals surface area contributed by atoms with Crippen molar-refractivity contribution in [3.63, 3.8) is 0 Å². The minimum Gasteiger partial charge on any atom is -0.358 e. The maximum absolute atomic E-state index is 3.74. The molecule has 6 heteroatoms. The Labute approximate surface area is 171 Å². The number of halogens is 1. The second-order valence-electron chi connectivity index (χ2n) is 5.52. The molecule has 2 aromatic carbocycles. The fourth-order valence-electron chi connectivity index (χ4n) is 2.81. The van der Waals surface area contributed by atoms with Crippen LogP contribution in [0.1, 0.15) is 20.6 Å². The quantitative estimate of drug-likeness (QED) is 0.371. The van der Waals surface area contributed by atoms with Crippen LogP contribution in [0.15, 0.2) is 74.2 Å². The van der Waals surface area contributed by atoms with Gasteiger partial charge in [-0.3, -0.25) is 0 Å². The van der Waals surface area contributed by atoms with Gasteiger partial charge in [0, 0.05) is 28.8 Å². The largest absolute Gasteiger partial charge is 0.358 e. The Morgan fingerprint density at radius 1 is 0.708 bits per heavy atom. The maximum Gasteiger partial charge on any atom is 0.101 e. The molecule has 0 unspecified atom stereocenters. The summed E-state index contributed by atoms with van der Waals surface area (Å²) in [5.74, 6) is 0. The van der Waals surface area contributed by atoms with Crippen LogP contribution < -0.4 is 0 Å². The van der Waals surface area contributed by atoms with Crippen LogP contribution >= 0.6 is 69.6 Å². The molecule has 0 amide bonds. The molecule has 24 heavy (non-hydrogen) atoms. The highest BCUT2D eigenvalue weighted by Crippen LogP contribution is 2.59. The van der Waals surface area contributed by atoms with Crippen LogP contribution in [0.25, 0.3) is 0 Å². The molecular weight excluding hydrogens is 485 g/mol. The first-order valence-corrected chi connectivity index (χ1v) is 12.1. The van der Waals surface area contributed by atoms with Crippen molar-refractivity contribution in [2.75, 3.05) is 0 Å². The second kappa shape index (κ2) is 6.54. The van der Waals surface area contributed by atoms with E-state index in [-0.39, 0.29) is 0 Å². The number of thioether (sulfide) groups is 4. The average Bonchev–Trinajstić information content (AvgIpc) is 3.29. The van der Waals surface area contributed by atoms with E-state index in [4.69, 9.17) is 0 Å². The van der Waals surface area contributed by atoms with E-state index in [1.54, 1.807) is 0 Å². The Bertz CT molecular complexity index is 873. The van der Waals surface area contributed by atoms with E-state index < -0.39 is 0 Å². The van der Waals surface area contributed by atoms with Crippen molar-refractivity contribution in [3.05, 3.63) is 69.6 Å². The lowest BCUT2D eigenvalue weighted by Gasteiger charge is -2.08. The highest BCUT2D eigenvalue weighted by molar-refractivity contribution is 14.1. The highest BCUT2D eigenvalue weighted by atomic mass is 127. The third-order valence-electron chi connectivity index (χ3n) is 3.94. The van der Waals surface area contributed by atoms with Gasteiger partial charge in [0.2, 0.25) is 0 Å². The molecule has 2 aliphatic rings. The number of aromatic amines is 1. The Balaban J connectivity index is 1.41.